The molecule has 0 saturated carbocycles. The molecular formula is C26H26O10. The topological polar surface area (TPSA) is 124 Å². The first-order valence-corrected chi connectivity index (χ1v) is 10.8. The molecule has 0 aliphatic carbocycles. The Balaban J connectivity index is 1.64. The van der Waals surface area contributed by atoms with Crippen molar-refractivity contribution in [1.82, 2.24) is 0 Å². The van der Waals surface area contributed by atoms with Crippen molar-refractivity contribution in [2.24, 2.45) is 0 Å². The molecule has 2 aromatic carbocycles. The fraction of sp³-hybridized carbons (Fsp3) is 0.231. The van der Waals surface area contributed by atoms with E-state index in [1.165, 1.54) is 54.6 Å². The molecule has 2 aromatic rings. The fourth-order valence-corrected chi connectivity index (χ4v) is 2.58. The average molecular weight is 498 g/mol. The van der Waals surface area contributed by atoms with Gasteiger partial charge in [-0.3, -0.25) is 0 Å². The number of esters is 3. The van der Waals surface area contributed by atoms with Crippen molar-refractivity contribution in [3.8, 4) is 5.75 Å². The van der Waals surface area contributed by atoms with E-state index < -0.39 is 24.1 Å². The molecule has 0 bridgehead atoms. The molecule has 0 radical (unpaired) electrons. The van der Waals surface area contributed by atoms with Gasteiger partial charge in [0.25, 0.3) is 0 Å². The van der Waals surface area contributed by atoms with Gasteiger partial charge in [0.1, 0.15) is 32.2 Å². The summed E-state index contributed by atoms with van der Waals surface area (Å²) < 4.78 is 30.1. The molecular weight excluding hydrogens is 472 g/mol. The van der Waals surface area contributed by atoms with Gasteiger partial charge in [0.2, 0.25) is 0 Å². The number of benzene rings is 2. The summed E-state index contributed by atoms with van der Waals surface area (Å²) in [6.45, 7) is 6.97. The predicted octanol–water partition coefficient (Wildman–Crippen LogP) is 3.76. The number of rotatable bonds is 14. The number of hydrogen-bond donors (Lipinski definition) is 0. The maximum Gasteiger partial charge on any atom is 0.513 e. The maximum atomic E-state index is 12.1. The van der Waals surface area contributed by atoms with Crippen LogP contribution in [0.15, 0.2) is 73.8 Å². The summed E-state index contributed by atoms with van der Waals surface area (Å²) in [6.07, 6.45) is 1.90. The Morgan fingerprint density at radius 3 is 1.72 bits per heavy atom. The molecule has 0 atom stereocenters. The Morgan fingerprint density at radius 2 is 1.14 bits per heavy atom. The lowest BCUT2D eigenvalue weighted by atomic mass is 10.1. The van der Waals surface area contributed by atoms with Crippen LogP contribution in [0.3, 0.4) is 0 Å². The number of carbonyl (C=O) groups excluding carboxylic acids is 4. The second-order valence-corrected chi connectivity index (χ2v) is 6.83. The van der Waals surface area contributed by atoms with Gasteiger partial charge in [-0.05, 0) is 36.4 Å². The minimum Gasteiger partial charge on any atom is -0.460 e. The first-order valence-electron chi connectivity index (χ1n) is 10.8. The molecule has 0 fully saturated rings. The first kappa shape index (κ1) is 27.8. The van der Waals surface area contributed by atoms with Crippen LogP contribution in [-0.2, 0) is 23.7 Å². The summed E-state index contributed by atoms with van der Waals surface area (Å²) in [4.78, 5) is 47.6. The van der Waals surface area contributed by atoms with E-state index in [4.69, 9.17) is 28.4 Å². The van der Waals surface area contributed by atoms with Crippen LogP contribution in [0.1, 0.15) is 31.1 Å². The number of ether oxygens (including phenoxy) is 6. The zero-order valence-electron chi connectivity index (χ0n) is 19.5. The molecule has 10 heteroatoms. The highest BCUT2D eigenvalue weighted by molar-refractivity contribution is 5.95. The maximum absolute atomic E-state index is 12.1. The van der Waals surface area contributed by atoms with Gasteiger partial charge in [-0.2, -0.15) is 0 Å². The third-order valence-corrected chi connectivity index (χ3v) is 4.18. The summed E-state index contributed by atoms with van der Waals surface area (Å²) in [6, 6.07) is 11.8. The van der Waals surface area contributed by atoms with Gasteiger partial charge in [0, 0.05) is 0 Å². The highest BCUT2D eigenvalue weighted by Crippen LogP contribution is 2.15. The predicted molar refractivity (Wildman–Crippen MR) is 127 cm³/mol. The minimum absolute atomic E-state index is 0.0329. The van der Waals surface area contributed by atoms with Crippen LogP contribution >= 0.6 is 0 Å². The Kier molecular flexibility index (Phi) is 11.9. The van der Waals surface area contributed by atoms with Crippen LogP contribution in [0, 0.1) is 0 Å². The van der Waals surface area contributed by atoms with Gasteiger partial charge in [0.05, 0.1) is 29.9 Å². The quantitative estimate of drug-likeness (QED) is 0.125. The lowest BCUT2D eigenvalue weighted by Gasteiger charge is -2.09. The Hall–Kier alpha value is -4.44. The zero-order valence-corrected chi connectivity index (χ0v) is 19.5. The minimum atomic E-state index is -0.979. The van der Waals surface area contributed by atoms with Crippen molar-refractivity contribution in [1.29, 1.82) is 0 Å². The molecule has 0 aliphatic heterocycles. The largest absolute Gasteiger partial charge is 0.513 e. The normalized spacial score (nSPS) is 10.0. The number of hydrogen-bond acceptors (Lipinski definition) is 10. The van der Waals surface area contributed by atoms with Crippen molar-refractivity contribution >= 4 is 24.1 Å². The van der Waals surface area contributed by atoms with E-state index in [1.807, 2.05) is 0 Å². The standard InChI is InChI=1S/C26H26O10/c1-3-11-32-23(27)19-7-5-8-20(17-19)24(28)34-15-13-31-14-16-35-26(30)36-22-10-6-9-21(18-22)25(29)33-12-4-2/h3-10,17-18H,1-2,11-16H2. The van der Waals surface area contributed by atoms with Gasteiger partial charge in [-0.25, -0.2) is 19.2 Å². The van der Waals surface area contributed by atoms with Gasteiger partial charge in [-0.1, -0.05) is 37.4 Å². The van der Waals surface area contributed by atoms with E-state index in [0.717, 1.165) is 0 Å². The van der Waals surface area contributed by atoms with E-state index in [1.54, 1.807) is 6.07 Å². The van der Waals surface area contributed by atoms with Crippen LogP contribution in [-0.4, -0.2) is 63.7 Å². The van der Waals surface area contributed by atoms with E-state index in [2.05, 4.69) is 13.2 Å². The summed E-state index contributed by atoms with van der Waals surface area (Å²) in [7, 11) is 0. The highest BCUT2D eigenvalue weighted by Gasteiger charge is 2.13. The van der Waals surface area contributed by atoms with Crippen molar-refractivity contribution in [3.05, 3.63) is 90.5 Å². The monoisotopic (exact) mass is 498 g/mol. The molecule has 0 spiro atoms. The fourth-order valence-electron chi connectivity index (χ4n) is 2.58. The molecule has 0 N–H and O–H groups in total. The third-order valence-electron chi connectivity index (χ3n) is 4.18. The Bertz CT molecular complexity index is 1080. The van der Waals surface area contributed by atoms with Gasteiger partial charge in [0.15, 0.2) is 0 Å². The second-order valence-electron chi connectivity index (χ2n) is 6.83. The van der Waals surface area contributed by atoms with Gasteiger partial charge in [-0.15, -0.1) is 0 Å². The lowest BCUT2D eigenvalue weighted by molar-refractivity contribution is 0.0192. The summed E-state index contributed by atoms with van der Waals surface area (Å²) in [5.41, 5.74) is 0.609. The molecule has 10 nitrogen and oxygen atoms in total. The molecule has 2 rings (SSSR count). The van der Waals surface area contributed by atoms with Crippen LogP contribution in [0.25, 0.3) is 0 Å². The van der Waals surface area contributed by atoms with Gasteiger partial charge < -0.3 is 28.4 Å². The number of carbonyl (C=O) groups is 4. The molecule has 190 valence electrons. The van der Waals surface area contributed by atoms with Crippen molar-refractivity contribution in [3.63, 3.8) is 0 Å². The van der Waals surface area contributed by atoms with Crippen molar-refractivity contribution in [2.45, 2.75) is 0 Å². The van der Waals surface area contributed by atoms with E-state index in [0.29, 0.717) is 0 Å². The van der Waals surface area contributed by atoms with Gasteiger partial charge >= 0.3 is 24.1 Å². The first-order chi connectivity index (χ1) is 17.4. The molecule has 0 heterocycles. The highest BCUT2D eigenvalue weighted by atomic mass is 16.7. The molecule has 36 heavy (non-hydrogen) atoms. The lowest BCUT2D eigenvalue weighted by Crippen LogP contribution is -2.17. The van der Waals surface area contributed by atoms with E-state index in [-0.39, 0.29) is 62.1 Å². The van der Waals surface area contributed by atoms with Crippen LogP contribution in [0.2, 0.25) is 0 Å². The third kappa shape index (κ3) is 9.82. The molecule has 0 aliphatic rings. The zero-order chi connectivity index (χ0) is 26.2. The summed E-state index contributed by atoms with van der Waals surface area (Å²) in [5, 5.41) is 0. The average Bonchev–Trinajstić information content (AvgIpc) is 2.89. The smallest absolute Gasteiger partial charge is 0.460 e. The molecule has 0 unspecified atom stereocenters. The van der Waals surface area contributed by atoms with Crippen LogP contribution < -0.4 is 4.74 Å². The van der Waals surface area contributed by atoms with Crippen molar-refractivity contribution < 1.29 is 47.6 Å². The van der Waals surface area contributed by atoms with Crippen LogP contribution in [0.4, 0.5) is 4.79 Å². The van der Waals surface area contributed by atoms with E-state index in [9.17, 15) is 19.2 Å². The SMILES string of the molecule is C=CCOC(=O)c1cccc(OC(=O)OCCOCCOC(=O)c2cccc(C(=O)OCC=C)c2)c1. The molecule has 0 saturated heterocycles. The summed E-state index contributed by atoms with van der Waals surface area (Å²) >= 11 is 0. The molecule has 0 amide bonds. The Labute approximate surface area is 208 Å². The molecule has 0 aromatic heterocycles. The summed E-state index contributed by atoms with van der Waals surface area (Å²) in [5.74, 6) is -1.68. The van der Waals surface area contributed by atoms with Crippen molar-refractivity contribution in [2.75, 3.05) is 39.6 Å². The Morgan fingerprint density at radius 1 is 0.639 bits per heavy atom. The second kappa shape index (κ2) is 15.5. The van der Waals surface area contributed by atoms with E-state index >= 15 is 0 Å². The van der Waals surface area contributed by atoms with Crippen LogP contribution in [0.5, 0.6) is 5.75 Å².